The second-order valence-corrected chi connectivity index (χ2v) is 5.50. The first-order chi connectivity index (χ1) is 10.1. The zero-order chi connectivity index (χ0) is 15.0. The number of aromatic amines is 1. The van der Waals surface area contributed by atoms with Crippen LogP contribution in [0.1, 0.15) is 36.0 Å². The maximum Gasteiger partial charge on any atom is 0.337 e. The van der Waals surface area contributed by atoms with E-state index in [1.807, 2.05) is 0 Å². The number of rotatable bonds is 4. The van der Waals surface area contributed by atoms with Crippen molar-refractivity contribution in [2.45, 2.75) is 32.2 Å². The maximum absolute atomic E-state index is 12.1. The van der Waals surface area contributed by atoms with E-state index in [1.165, 1.54) is 17.1 Å². The average Bonchev–Trinajstić information content (AvgIpc) is 2.40. The van der Waals surface area contributed by atoms with Crippen LogP contribution in [0.2, 0.25) is 0 Å². The molecule has 6 heteroatoms. The van der Waals surface area contributed by atoms with Crippen LogP contribution in [0.15, 0.2) is 27.8 Å². The number of carboxylic acid groups (broad SMARTS) is 1. The molecule has 1 aromatic carbocycles. The van der Waals surface area contributed by atoms with Gasteiger partial charge in [0.2, 0.25) is 0 Å². The van der Waals surface area contributed by atoms with Crippen molar-refractivity contribution in [3.8, 4) is 0 Å². The number of H-pyrrole nitrogens is 1. The summed E-state index contributed by atoms with van der Waals surface area (Å²) >= 11 is 0. The Balaban J connectivity index is 2.18. The highest BCUT2D eigenvalue weighted by atomic mass is 16.4. The van der Waals surface area contributed by atoms with Crippen LogP contribution in [-0.4, -0.2) is 20.6 Å². The fraction of sp³-hybridized carbons (Fsp3) is 0.400. The van der Waals surface area contributed by atoms with Crippen molar-refractivity contribution in [3.63, 3.8) is 0 Å². The number of benzene rings is 1. The number of carboxylic acids is 1. The third kappa shape index (κ3) is 2.37. The Morgan fingerprint density at radius 2 is 2.10 bits per heavy atom. The summed E-state index contributed by atoms with van der Waals surface area (Å²) in [7, 11) is 0. The van der Waals surface area contributed by atoms with E-state index in [4.69, 9.17) is 0 Å². The molecule has 0 unspecified atom stereocenters. The standard InChI is InChI=1S/C15H16N2O4/c18-13-14(19)17(8-7-9-3-1-4-9)12-10(15(20)21)5-2-6-11(12)16-13/h2,5-6,9H,1,3-4,7-8H2,(H,16,18)(H,20,21). The molecule has 1 aliphatic carbocycles. The van der Waals surface area contributed by atoms with Gasteiger partial charge in [0.25, 0.3) is 0 Å². The summed E-state index contributed by atoms with van der Waals surface area (Å²) in [5.74, 6) is -0.535. The summed E-state index contributed by atoms with van der Waals surface area (Å²) < 4.78 is 1.32. The molecule has 0 bridgehead atoms. The van der Waals surface area contributed by atoms with E-state index >= 15 is 0 Å². The Bertz CT molecular complexity index is 815. The molecule has 1 heterocycles. The first kappa shape index (κ1) is 13.6. The smallest absolute Gasteiger partial charge is 0.337 e. The van der Waals surface area contributed by atoms with E-state index < -0.39 is 17.1 Å². The third-order valence-corrected chi connectivity index (χ3v) is 4.21. The van der Waals surface area contributed by atoms with Gasteiger partial charge in [0.1, 0.15) is 0 Å². The molecule has 1 saturated carbocycles. The summed E-state index contributed by atoms with van der Waals surface area (Å²) in [4.78, 5) is 37.6. The molecule has 0 atom stereocenters. The number of hydrogen-bond acceptors (Lipinski definition) is 3. The van der Waals surface area contributed by atoms with E-state index in [-0.39, 0.29) is 5.56 Å². The van der Waals surface area contributed by atoms with Gasteiger partial charge in [-0.2, -0.15) is 0 Å². The van der Waals surface area contributed by atoms with Crippen molar-refractivity contribution in [1.29, 1.82) is 0 Å². The van der Waals surface area contributed by atoms with Crippen LogP contribution in [0.4, 0.5) is 0 Å². The Hall–Kier alpha value is -2.37. The van der Waals surface area contributed by atoms with Gasteiger partial charge in [-0.25, -0.2) is 4.79 Å². The second-order valence-electron chi connectivity index (χ2n) is 5.50. The van der Waals surface area contributed by atoms with E-state index in [2.05, 4.69) is 4.98 Å². The molecule has 2 N–H and O–H groups in total. The van der Waals surface area contributed by atoms with Gasteiger partial charge in [0, 0.05) is 6.54 Å². The normalized spacial score (nSPS) is 15.0. The number of aryl methyl sites for hydroxylation is 1. The number of aromatic nitrogens is 2. The summed E-state index contributed by atoms with van der Waals surface area (Å²) in [5.41, 5.74) is -0.675. The summed E-state index contributed by atoms with van der Waals surface area (Å²) in [6.07, 6.45) is 4.28. The largest absolute Gasteiger partial charge is 0.478 e. The van der Waals surface area contributed by atoms with Gasteiger partial charge >= 0.3 is 17.1 Å². The second kappa shape index (κ2) is 5.20. The van der Waals surface area contributed by atoms with Crippen molar-refractivity contribution in [1.82, 2.24) is 9.55 Å². The SMILES string of the molecule is O=C(O)c1cccc2[nH]c(=O)c(=O)n(CCC3CCC3)c12. The van der Waals surface area contributed by atoms with Crippen molar-refractivity contribution >= 4 is 17.0 Å². The quantitative estimate of drug-likeness (QED) is 0.835. The Kier molecular flexibility index (Phi) is 3.37. The lowest BCUT2D eigenvalue weighted by molar-refractivity contribution is 0.0698. The van der Waals surface area contributed by atoms with Crippen molar-refractivity contribution in [3.05, 3.63) is 44.5 Å². The molecule has 1 aliphatic rings. The predicted molar refractivity (Wildman–Crippen MR) is 77.7 cm³/mol. The molecule has 6 nitrogen and oxygen atoms in total. The molecule has 110 valence electrons. The summed E-state index contributed by atoms with van der Waals surface area (Å²) in [5, 5.41) is 9.29. The van der Waals surface area contributed by atoms with E-state index in [1.54, 1.807) is 12.1 Å². The fourth-order valence-electron chi connectivity index (χ4n) is 2.81. The zero-order valence-electron chi connectivity index (χ0n) is 11.5. The number of nitrogens with one attached hydrogen (secondary N) is 1. The zero-order valence-corrected chi connectivity index (χ0v) is 11.5. The maximum atomic E-state index is 12.1. The fourth-order valence-corrected chi connectivity index (χ4v) is 2.81. The lowest BCUT2D eigenvalue weighted by Gasteiger charge is -2.25. The topological polar surface area (TPSA) is 92.2 Å². The van der Waals surface area contributed by atoms with Crippen LogP contribution in [0.25, 0.3) is 11.0 Å². The number of para-hydroxylation sites is 1. The third-order valence-electron chi connectivity index (χ3n) is 4.21. The molecule has 0 aliphatic heterocycles. The highest BCUT2D eigenvalue weighted by molar-refractivity contribution is 6.00. The molecule has 0 saturated heterocycles. The van der Waals surface area contributed by atoms with Crippen LogP contribution in [-0.2, 0) is 6.54 Å². The first-order valence-electron chi connectivity index (χ1n) is 7.07. The highest BCUT2D eigenvalue weighted by Crippen LogP contribution is 2.30. The van der Waals surface area contributed by atoms with Gasteiger partial charge in [0.05, 0.1) is 16.6 Å². The van der Waals surface area contributed by atoms with Gasteiger partial charge in [0.15, 0.2) is 0 Å². The van der Waals surface area contributed by atoms with E-state index in [9.17, 15) is 19.5 Å². The Morgan fingerprint density at radius 1 is 1.33 bits per heavy atom. The average molecular weight is 288 g/mol. The van der Waals surface area contributed by atoms with Gasteiger partial charge < -0.3 is 14.7 Å². The van der Waals surface area contributed by atoms with Crippen LogP contribution in [0.5, 0.6) is 0 Å². The first-order valence-corrected chi connectivity index (χ1v) is 7.07. The minimum atomic E-state index is -1.11. The minimum absolute atomic E-state index is 0.0365. The number of carbonyl (C=O) groups is 1. The van der Waals surface area contributed by atoms with E-state index in [0.717, 1.165) is 19.3 Å². The van der Waals surface area contributed by atoms with E-state index in [0.29, 0.717) is 23.5 Å². The van der Waals surface area contributed by atoms with Gasteiger partial charge in [-0.05, 0) is 24.5 Å². The molecule has 0 spiro atoms. The Labute approximate surface area is 120 Å². The summed E-state index contributed by atoms with van der Waals surface area (Å²) in [6.45, 7) is 0.383. The highest BCUT2D eigenvalue weighted by Gasteiger charge is 2.20. The molecule has 2 aromatic rings. The molecular weight excluding hydrogens is 272 g/mol. The number of hydrogen-bond donors (Lipinski definition) is 2. The van der Waals surface area contributed by atoms with Crippen LogP contribution >= 0.6 is 0 Å². The number of fused-ring (bicyclic) bond motifs is 1. The number of aromatic carboxylic acids is 1. The molecule has 1 fully saturated rings. The van der Waals surface area contributed by atoms with Crippen molar-refractivity contribution < 1.29 is 9.90 Å². The molecule has 3 rings (SSSR count). The monoisotopic (exact) mass is 288 g/mol. The van der Waals surface area contributed by atoms with Crippen LogP contribution in [0, 0.1) is 5.92 Å². The van der Waals surface area contributed by atoms with Crippen molar-refractivity contribution in [2.75, 3.05) is 0 Å². The van der Waals surface area contributed by atoms with Gasteiger partial charge in [-0.1, -0.05) is 25.3 Å². The number of nitrogens with zero attached hydrogens (tertiary/aromatic N) is 1. The molecule has 0 amide bonds. The molecule has 21 heavy (non-hydrogen) atoms. The minimum Gasteiger partial charge on any atom is -0.478 e. The van der Waals surface area contributed by atoms with Crippen LogP contribution < -0.4 is 11.1 Å². The molecule has 0 radical (unpaired) electrons. The van der Waals surface area contributed by atoms with Crippen LogP contribution in [0.3, 0.4) is 0 Å². The molecule has 1 aromatic heterocycles. The lowest BCUT2D eigenvalue weighted by Crippen LogP contribution is -2.37. The lowest BCUT2D eigenvalue weighted by atomic mass is 9.83. The van der Waals surface area contributed by atoms with Gasteiger partial charge in [-0.3, -0.25) is 9.59 Å². The van der Waals surface area contributed by atoms with Crippen molar-refractivity contribution in [2.24, 2.45) is 5.92 Å². The van der Waals surface area contributed by atoms with Gasteiger partial charge in [-0.15, -0.1) is 0 Å². The summed E-state index contributed by atoms with van der Waals surface area (Å²) in [6, 6.07) is 4.62. The molecular formula is C15H16N2O4. The predicted octanol–water partition coefficient (Wildman–Crippen LogP) is 1.58. The Morgan fingerprint density at radius 3 is 2.71 bits per heavy atom.